The van der Waals surface area contributed by atoms with Crippen molar-refractivity contribution in [3.8, 4) is 16.3 Å². The highest BCUT2D eigenvalue weighted by molar-refractivity contribution is 7.13. The van der Waals surface area contributed by atoms with Crippen molar-refractivity contribution >= 4 is 28.5 Å². The Kier molecular flexibility index (Phi) is 5.56. The van der Waals surface area contributed by atoms with E-state index in [0.717, 1.165) is 38.4 Å². The molecule has 10 heteroatoms. The molecule has 8 nitrogen and oxygen atoms in total. The fraction of sp³-hybridized carbons (Fsp3) is 0.333. The highest BCUT2D eigenvalue weighted by Gasteiger charge is 2.40. The van der Waals surface area contributed by atoms with Crippen molar-refractivity contribution in [3.05, 3.63) is 57.6 Å². The van der Waals surface area contributed by atoms with Gasteiger partial charge in [0.1, 0.15) is 21.7 Å². The van der Waals surface area contributed by atoms with Gasteiger partial charge in [-0.3, -0.25) is 9.97 Å². The fourth-order valence-corrected chi connectivity index (χ4v) is 4.66. The maximum atomic E-state index is 5.99. The highest BCUT2D eigenvalue weighted by atomic mass is 32.1. The molecule has 0 radical (unpaired) electrons. The average molecular weight is 452 g/mol. The van der Waals surface area contributed by atoms with E-state index in [1.165, 1.54) is 0 Å². The smallest absolute Gasteiger partial charge is 0.218 e. The third kappa shape index (κ3) is 4.86. The molecule has 0 unspecified atom stereocenters. The van der Waals surface area contributed by atoms with Crippen LogP contribution in [0.2, 0.25) is 0 Å². The molecule has 1 aliphatic carbocycles. The Hall–Kier alpha value is -2.98. The molecule has 158 valence electrons. The Morgan fingerprint density at radius 2 is 2.10 bits per heavy atom. The molecule has 0 bridgehead atoms. The Bertz CT molecular complexity index is 1160. The van der Waals surface area contributed by atoms with E-state index in [2.05, 4.69) is 47.6 Å². The summed E-state index contributed by atoms with van der Waals surface area (Å²) in [4.78, 5) is 18.8. The minimum Gasteiger partial charge on any atom is -0.477 e. The monoisotopic (exact) mass is 451 g/mol. The topological polar surface area (TPSA) is 98.6 Å². The number of ether oxygens (including phenoxy) is 1. The minimum atomic E-state index is 0.441. The predicted octanol–water partition coefficient (Wildman–Crippen LogP) is 4.26. The zero-order chi connectivity index (χ0) is 21.2. The molecule has 31 heavy (non-hydrogen) atoms. The normalized spacial score (nSPS) is 17.5. The Balaban J connectivity index is 1.16. The van der Waals surface area contributed by atoms with Crippen molar-refractivity contribution in [2.75, 3.05) is 11.9 Å². The van der Waals surface area contributed by atoms with Crippen molar-refractivity contribution in [1.82, 2.24) is 30.1 Å². The summed E-state index contributed by atoms with van der Waals surface area (Å²) in [6.07, 6.45) is 4.89. The third-order valence-electron chi connectivity index (χ3n) is 5.05. The maximum Gasteiger partial charge on any atom is 0.218 e. The van der Waals surface area contributed by atoms with E-state index in [-0.39, 0.29) is 0 Å². The van der Waals surface area contributed by atoms with Gasteiger partial charge in [-0.15, -0.1) is 21.5 Å². The summed E-state index contributed by atoms with van der Waals surface area (Å²) in [5.74, 6) is 2.88. The van der Waals surface area contributed by atoms with Gasteiger partial charge in [-0.1, -0.05) is 17.4 Å². The van der Waals surface area contributed by atoms with Crippen molar-refractivity contribution < 1.29 is 4.74 Å². The summed E-state index contributed by atoms with van der Waals surface area (Å²) in [6.45, 7) is 5.00. The summed E-state index contributed by atoms with van der Waals surface area (Å²) in [7, 11) is 0. The molecule has 0 aliphatic heterocycles. The van der Waals surface area contributed by atoms with Crippen LogP contribution in [0.5, 0.6) is 5.88 Å². The first kappa shape index (κ1) is 20.0. The number of rotatable bonds is 8. The van der Waals surface area contributed by atoms with Gasteiger partial charge in [0.2, 0.25) is 5.88 Å². The summed E-state index contributed by atoms with van der Waals surface area (Å²) in [5, 5.41) is 13.3. The number of aryl methyl sites for hydroxylation is 2. The highest BCUT2D eigenvalue weighted by Crippen LogP contribution is 2.47. The van der Waals surface area contributed by atoms with Crippen molar-refractivity contribution in [3.63, 3.8) is 0 Å². The second kappa shape index (κ2) is 8.64. The second-order valence-electron chi connectivity index (χ2n) is 7.46. The van der Waals surface area contributed by atoms with E-state index < -0.39 is 0 Å². The van der Waals surface area contributed by atoms with Crippen LogP contribution in [-0.4, -0.2) is 36.7 Å². The van der Waals surface area contributed by atoms with Gasteiger partial charge in [-0.05, 0) is 26.3 Å². The third-order valence-corrected chi connectivity index (χ3v) is 6.71. The Morgan fingerprint density at radius 1 is 1.16 bits per heavy atom. The van der Waals surface area contributed by atoms with Gasteiger partial charge < -0.3 is 10.1 Å². The molecule has 4 aromatic heterocycles. The van der Waals surface area contributed by atoms with E-state index in [0.29, 0.717) is 36.7 Å². The first-order chi connectivity index (χ1) is 15.1. The van der Waals surface area contributed by atoms with Gasteiger partial charge in [-0.2, -0.15) is 4.98 Å². The molecule has 4 heterocycles. The summed E-state index contributed by atoms with van der Waals surface area (Å²) in [6, 6.07) is 6.07. The van der Waals surface area contributed by atoms with Crippen LogP contribution in [0.25, 0.3) is 10.4 Å². The van der Waals surface area contributed by atoms with E-state index in [1.807, 2.05) is 37.8 Å². The van der Waals surface area contributed by atoms with Gasteiger partial charge >= 0.3 is 0 Å². The van der Waals surface area contributed by atoms with Gasteiger partial charge in [0.25, 0.3) is 0 Å². The number of hydrogen-bond acceptors (Lipinski definition) is 10. The largest absolute Gasteiger partial charge is 0.477 e. The predicted molar refractivity (Wildman–Crippen MR) is 120 cm³/mol. The minimum absolute atomic E-state index is 0.441. The first-order valence-corrected chi connectivity index (χ1v) is 11.7. The molecule has 1 saturated carbocycles. The molecule has 1 N–H and O–H groups in total. The number of hydrogen-bond donors (Lipinski definition) is 1. The number of nitrogens with one attached hydrogen (secondary N) is 1. The lowest BCUT2D eigenvalue weighted by Gasteiger charge is -2.09. The van der Waals surface area contributed by atoms with E-state index in [9.17, 15) is 0 Å². The molecule has 1 fully saturated rings. The van der Waals surface area contributed by atoms with Crippen LogP contribution in [0.3, 0.4) is 0 Å². The van der Waals surface area contributed by atoms with Gasteiger partial charge in [0.05, 0.1) is 23.5 Å². The zero-order valence-electron chi connectivity index (χ0n) is 17.1. The van der Waals surface area contributed by atoms with Crippen LogP contribution < -0.4 is 10.1 Å². The molecule has 0 amide bonds. The quantitative estimate of drug-likeness (QED) is 0.424. The lowest BCUT2D eigenvalue weighted by atomic mass is 10.2. The maximum absolute atomic E-state index is 5.99. The van der Waals surface area contributed by atoms with Crippen molar-refractivity contribution in [2.24, 2.45) is 5.92 Å². The zero-order valence-corrected chi connectivity index (χ0v) is 18.8. The molecule has 0 spiro atoms. The molecular weight excluding hydrogens is 430 g/mol. The lowest BCUT2D eigenvalue weighted by Crippen LogP contribution is -2.07. The Morgan fingerprint density at radius 3 is 2.84 bits per heavy atom. The molecule has 1 aliphatic rings. The summed E-state index contributed by atoms with van der Waals surface area (Å²) >= 11 is 3.19. The van der Waals surface area contributed by atoms with Crippen molar-refractivity contribution in [2.45, 2.75) is 32.7 Å². The van der Waals surface area contributed by atoms with Crippen LogP contribution in [0.1, 0.15) is 33.9 Å². The van der Waals surface area contributed by atoms with Gasteiger partial charge in [-0.25, -0.2) is 4.98 Å². The number of thiazole rings is 1. The Labute approximate surface area is 187 Å². The van der Waals surface area contributed by atoms with Gasteiger partial charge in [0.15, 0.2) is 0 Å². The number of aromatic nitrogens is 6. The van der Waals surface area contributed by atoms with Crippen LogP contribution in [0.4, 0.5) is 5.82 Å². The SMILES string of the molecule is Cc1nc(NCc2nnc(C)s2)cc(OC[C@H]2C[C@@H]2c2ccc(-c3cncs3)cn2)n1. The standard InChI is InChI=1S/C21H21N7OS2/c1-12-25-19(24-9-21-28-27-13(2)31-21)6-20(26-12)29-10-15-5-16(15)17-4-3-14(7-23-17)18-8-22-11-30-18/h3-4,6-8,11,15-16H,5,9-10H2,1-2H3,(H,24,25,26)/t15-,16+/m1/s1. The fourth-order valence-electron chi connectivity index (χ4n) is 3.40. The molecule has 4 aromatic rings. The van der Waals surface area contributed by atoms with Crippen LogP contribution >= 0.6 is 22.7 Å². The number of nitrogens with zero attached hydrogens (tertiary/aromatic N) is 6. The molecule has 0 aromatic carbocycles. The van der Waals surface area contributed by atoms with Crippen LogP contribution in [-0.2, 0) is 6.54 Å². The van der Waals surface area contributed by atoms with E-state index in [1.54, 1.807) is 22.7 Å². The van der Waals surface area contributed by atoms with Gasteiger partial charge in [0, 0.05) is 41.6 Å². The number of pyridine rings is 1. The molecular formula is C21H21N7OS2. The lowest BCUT2D eigenvalue weighted by molar-refractivity contribution is 0.284. The average Bonchev–Trinajstić information content (AvgIpc) is 3.12. The van der Waals surface area contributed by atoms with Crippen LogP contribution in [0, 0.1) is 19.8 Å². The summed E-state index contributed by atoms with van der Waals surface area (Å²) in [5.41, 5.74) is 4.07. The molecule has 2 atom stereocenters. The van der Waals surface area contributed by atoms with Crippen LogP contribution in [0.15, 0.2) is 36.1 Å². The number of anilines is 1. The molecule has 0 saturated heterocycles. The first-order valence-electron chi connectivity index (χ1n) is 10.00. The summed E-state index contributed by atoms with van der Waals surface area (Å²) < 4.78 is 5.99. The second-order valence-corrected chi connectivity index (χ2v) is 9.61. The van der Waals surface area contributed by atoms with Crippen molar-refractivity contribution in [1.29, 1.82) is 0 Å². The van der Waals surface area contributed by atoms with E-state index >= 15 is 0 Å². The van der Waals surface area contributed by atoms with E-state index in [4.69, 9.17) is 4.74 Å². The molecule has 5 rings (SSSR count).